The van der Waals surface area contributed by atoms with Gasteiger partial charge in [-0.3, -0.25) is 4.79 Å². The van der Waals surface area contributed by atoms with Gasteiger partial charge in [0.25, 0.3) is 0 Å². The van der Waals surface area contributed by atoms with Gasteiger partial charge < -0.3 is 16.4 Å². The Bertz CT molecular complexity index is 935. The number of benzene rings is 1. The van der Waals surface area contributed by atoms with E-state index in [1.807, 2.05) is 0 Å². The fourth-order valence-corrected chi connectivity index (χ4v) is 4.94. The number of allylic oxidation sites excluding steroid dienone is 2. The number of nitrogens with one attached hydrogen (secondary N) is 2. The molecule has 0 atom stereocenters. The number of rotatable bonds is 4. The first-order chi connectivity index (χ1) is 13.5. The van der Waals surface area contributed by atoms with Crippen LogP contribution in [-0.4, -0.2) is 11.7 Å². The molecule has 6 nitrogen and oxygen atoms in total. The molecule has 1 heterocycles. The van der Waals surface area contributed by atoms with Gasteiger partial charge in [-0.1, -0.05) is 48.7 Å². The number of hydrogen-bond acceptors (Lipinski definition) is 6. The Balaban J connectivity index is 1.79. The molecule has 1 fully saturated rings. The van der Waals surface area contributed by atoms with Gasteiger partial charge in [0.15, 0.2) is 0 Å². The number of dihydropyridines is 1. The fourth-order valence-electron chi connectivity index (χ4n) is 3.84. The highest BCUT2D eigenvalue weighted by atomic mass is 35.5. The molecule has 1 aliphatic heterocycles. The molecule has 0 unspecified atom stereocenters. The number of nitrogens with zero attached hydrogens (tertiary/aromatic N) is 2. The monoisotopic (exact) mass is 413 g/mol. The average molecular weight is 414 g/mol. The second kappa shape index (κ2) is 8.60. The summed E-state index contributed by atoms with van der Waals surface area (Å²) >= 11 is 7.16. The lowest BCUT2D eigenvalue weighted by Crippen LogP contribution is -2.39. The van der Waals surface area contributed by atoms with Crippen LogP contribution < -0.4 is 16.4 Å². The van der Waals surface area contributed by atoms with Crippen molar-refractivity contribution in [1.82, 2.24) is 5.32 Å². The van der Waals surface area contributed by atoms with Crippen LogP contribution in [0.1, 0.15) is 32.1 Å². The summed E-state index contributed by atoms with van der Waals surface area (Å²) in [6.07, 6.45) is 4.41. The van der Waals surface area contributed by atoms with Crippen molar-refractivity contribution in [3.63, 3.8) is 0 Å². The van der Waals surface area contributed by atoms with E-state index in [-0.39, 0.29) is 17.5 Å². The van der Waals surface area contributed by atoms with E-state index in [0.717, 1.165) is 32.1 Å². The topological polar surface area (TPSA) is 115 Å². The molecule has 0 saturated heterocycles. The molecule has 28 heavy (non-hydrogen) atoms. The molecule has 4 N–H and O–H groups in total. The molecule has 144 valence electrons. The van der Waals surface area contributed by atoms with Crippen molar-refractivity contribution in [1.29, 1.82) is 10.5 Å². The smallest absolute Gasteiger partial charge is 0.234 e. The molecular weight excluding hydrogens is 394 g/mol. The van der Waals surface area contributed by atoms with Crippen LogP contribution in [0, 0.1) is 28.1 Å². The Kier molecular flexibility index (Phi) is 6.18. The third-order valence-electron chi connectivity index (χ3n) is 5.09. The maximum absolute atomic E-state index is 12.3. The Morgan fingerprint density at radius 2 is 1.96 bits per heavy atom. The third-order valence-corrected chi connectivity index (χ3v) is 6.32. The predicted octanol–water partition coefficient (Wildman–Crippen LogP) is 3.99. The Hall–Kier alpha value is -2.61. The number of hydrogen-bond donors (Lipinski definition) is 3. The first-order valence-electron chi connectivity index (χ1n) is 9.00. The quantitative estimate of drug-likeness (QED) is 0.687. The summed E-state index contributed by atoms with van der Waals surface area (Å²) in [5.41, 5.74) is 7.05. The highest BCUT2D eigenvalue weighted by Gasteiger charge is 2.45. The van der Waals surface area contributed by atoms with Crippen molar-refractivity contribution in [2.75, 3.05) is 11.1 Å². The maximum Gasteiger partial charge on any atom is 0.234 e. The van der Waals surface area contributed by atoms with Crippen LogP contribution in [0.3, 0.4) is 0 Å². The number of carbonyl (C=O) groups excluding carboxylic acids is 1. The van der Waals surface area contributed by atoms with Crippen molar-refractivity contribution in [3.8, 4) is 12.1 Å². The summed E-state index contributed by atoms with van der Waals surface area (Å²) in [7, 11) is 0. The summed E-state index contributed by atoms with van der Waals surface area (Å²) in [5.74, 6) is 0.164. The highest BCUT2D eigenvalue weighted by molar-refractivity contribution is 8.03. The van der Waals surface area contributed by atoms with Crippen LogP contribution >= 0.6 is 23.4 Å². The predicted molar refractivity (Wildman–Crippen MR) is 111 cm³/mol. The third kappa shape index (κ3) is 3.96. The van der Waals surface area contributed by atoms with Gasteiger partial charge in [-0.2, -0.15) is 10.5 Å². The maximum atomic E-state index is 12.3. The Morgan fingerprint density at radius 3 is 2.61 bits per heavy atom. The van der Waals surface area contributed by atoms with Gasteiger partial charge in [-0.15, -0.1) is 0 Å². The van der Waals surface area contributed by atoms with E-state index >= 15 is 0 Å². The molecule has 1 amide bonds. The van der Waals surface area contributed by atoms with E-state index in [1.165, 1.54) is 11.8 Å². The molecule has 0 radical (unpaired) electrons. The van der Waals surface area contributed by atoms with Crippen molar-refractivity contribution < 1.29 is 4.79 Å². The van der Waals surface area contributed by atoms with Gasteiger partial charge in [-0.05, 0) is 31.0 Å². The van der Waals surface area contributed by atoms with Crippen molar-refractivity contribution in [2.45, 2.75) is 32.1 Å². The second-order valence-electron chi connectivity index (χ2n) is 6.83. The van der Waals surface area contributed by atoms with E-state index in [9.17, 15) is 15.3 Å². The van der Waals surface area contributed by atoms with Gasteiger partial charge in [0.2, 0.25) is 5.91 Å². The summed E-state index contributed by atoms with van der Waals surface area (Å²) in [6.45, 7) is 0. The summed E-state index contributed by atoms with van der Waals surface area (Å²) in [4.78, 5) is 12.3. The zero-order chi connectivity index (χ0) is 20.1. The zero-order valence-electron chi connectivity index (χ0n) is 15.2. The molecule has 1 aromatic carbocycles. The van der Waals surface area contributed by atoms with E-state index < -0.39 is 5.41 Å². The molecule has 1 aliphatic carbocycles. The summed E-state index contributed by atoms with van der Waals surface area (Å²) in [6, 6.07) is 11.4. The van der Waals surface area contributed by atoms with Crippen molar-refractivity contribution in [3.05, 3.63) is 51.3 Å². The van der Waals surface area contributed by atoms with E-state index in [4.69, 9.17) is 17.3 Å². The number of amides is 1. The van der Waals surface area contributed by atoms with Gasteiger partial charge in [-0.25, -0.2) is 0 Å². The fraction of sp³-hybridized carbons (Fsp3) is 0.350. The van der Waals surface area contributed by atoms with E-state index in [1.54, 1.807) is 24.3 Å². The Morgan fingerprint density at radius 1 is 1.25 bits per heavy atom. The number of halogens is 1. The van der Waals surface area contributed by atoms with Gasteiger partial charge in [0, 0.05) is 16.1 Å². The SMILES string of the molecule is N#CC1=C(N)NC(SCC(=O)Nc2cccc(Cl)c2)=C(C#N)C12CCCCC2. The normalized spacial score (nSPS) is 18.2. The molecular formula is C20H20ClN5OS. The van der Waals surface area contributed by atoms with Gasteiger partial charge in [0.1, 0.15) is 5.82 Å². The molecule has 1 aromatic rings. The number of nitriles is 2. The highest BCUT2D eigenvalue weighted by Crippen LogP contribution is 2.51. The summed E-state index contributed by atoms with van der Waals surface area (Å²) in [5, 5.41) is 26.4. The number of nitrogens with two attached hydrogens (primary N) is 1. The number of anilines is 1. The van der Waals surface area contributed by atoms with E-state index in [0.29, 0.717) is 26.9 Å². The van der Waals surface area contributed by atoms with Crippen LogP contribution in [0.2, 0.25) is 5.02 Å². The Labute approximate surface area is 173 Å². The molecule has 0 aromatic heterocycles. The lowest BCUT2D eigenvalue weighted by atomic mass is 9.64. The van der Waals surface area contributed by atoms with Crippen LogP contribution in [0.25, 0.3) is 0 Å². The zero-order valence-corrected chi connectivity index (χ0v) is 16.8. The molecule has 0 bridgehead atoms. The first kappa shape index (κ1) is 20.1. The van der Waals surface area contributed by atoms with E-state index in [2.05, 4.69) is 22.8 Å². The first-order valence-corrected chi connectivity index (χ1v) is 10.4. The van der Waals surface area contributed by atoms with Crippen LogP contribution in [0.15, 0.2) is 46.3 Å². The lowest BCUT2D eigenvalue weighted by Gasteiger charge is -2.40. The van der Waals surface area contributed by atoms with Crippen molar-refractivity contribution >= 4 is 35.0 Å². The minimum Gasteiger partial charge on any atom is -0.384 e. The van der Waals surface area contributed by atoms with Crippen LogP contribution in [-0.2, 0) is 4.79 Å². The second-order valence-corrected chi connectivity index (χ2v) is 8.25. The van der Waals surface area contributed by atoms with Gasteiger partial charge >= 0.3 is 0 Å². The van der Waals surface area contributed by atoms with Crippen LogP contribution in [0.5, 0.6) is 0 Å². The lowest BCUT2D eigenvalue weighted by molar-refractivity contribution is -0.113. The molecule has 8 heteroatoms. The summed E-state index contributed by atoms with van der Waals surface area (Å²) < 4.78 is 0. The number of carbonyl (C=O) groups is 1. The molecule has 1 saturated carbocycles. The minimum atomic E-state index is -0.636. The van der Waals surface area contributed by atoms with Crippen LogP contribution in [0.4, 0.5) is 5.69 Å². The van der Waals surface area contributed by atoms with Gasteiger partial charge in [0.05, 0.1) is 34.1 Å². The average Bonchev–Trinajstić information content (AvgIpc) is 2.67. The molecule has 1 spiro atoms. The largest absolute Gasteiger partial charge is 0.384 e. The molecule has 3 rings (SSSR count). The number of thioether (sulfide) groups is 1. The minimum absolute atomic E-state index is 0.102. The molecule has 2 aliphatic rings. The van der Waals surface area contributed by atoms with Crippen molar-refractivity contribution in [2.24, 2.45) is 11.1 Å². The standard InChI is InChI=1S/C20H20ClN5OS/c21-13-5-4-6-14(9-13)25-17(27)12-28-19-16(11-23)20(7-2-1-3-8-20)15(10-22)18(24)26-19/h4-6,9,26H,1-3,7-8,12,24H2,(H,25,27).